The second-order valence-corrected chi connectivity index (χ2v) is 37.7. The highest BCUT2D eigenvalue weighted by Crippen LogP contribution is 2.54. The largest absolute Gasteiger partial charge is 0.455 e. The average Bonchev–Trinajstić information content (AvgIpc) is 1.56. The zero-order valence-corrected chi connectivity index (χ0v) is 77.3. The van der Waals surface area contributed by atoms with Crippen LogP contribution >= 0.6 is 0 Å². The minimum atomic E-state index is -0.259. The maximum atomic E-state index is 6.51. The molecular formula is C133H88N6O2. The van der Waals surface area contributed by atoms with E-state index < -0.39 is 0 Å². The van der Waals surface area contributed by atoms with E-state index in [1.54, 1.807) is 0 Å². The topological polar surface area (TPSA) is 52.5 Å². The zero-order valence-electron chi connectivity index (χ0n) is 77.3. The average molecular weight is 1800 g/mol. The Balaban J connectivity index is 0.000000138. The summed E-state index contributed by atoms with van der Waals surface area (Å²) < 4.78 is 22.6. The number of rotatable bonds is 14. The molecule has 6 aromatic heterocycles. The van der Waals surface area contributed by atoms with Gasteiger partial charge in [0.15, 0.2) is 0 Å². The van der Waals surface area contributed by atoms with E-state index in [4.69, 9.17) is 8.83 Å². The summed E-state index contributed by atoms with van der Waals surface area (Å²) in [6.07, 6.45) is 0. The Hall–Kier alpha value is -18.5. The SMILES string of the molecule is CC1(C)c2cc(-c3ccc4c(c3)c3ccccc3n4-c3ccccc3)ccc2-c2ccc(N(c3ccc(-c4cccc5c4oc4ccccc45)cc3)c3ccc(-n4c5ccccc5c5ccccc54)cc3)cc21.c1ccc(-n2c3ccccc3c3cc(-c4ccc(N(c5ccc(-c6cccc7c6oc6ccccc67)cc5)c5ccc(-n6c7ccccc7c7ccccc76)c6ccccc56)cc4)ccc32)cc1. The van der Waals surface area contributed by atoms with Gasteiger partial charge in [0.1, 0.15) is 22.3 Å². The quantitative estimate of drug-likeness (QED) is 0.109. The summed E-state index contributed by atoms with van der Waals surface area (Å²) >= 11 is 0. The van der Waals surface area contributed by atoms with Crippen LogP contribution in [0.15, 0.2) is 506 Å². The third-order valence-electron chi connectivity index (χ3n) is 29.7. The number of benzene rings is 22. The monoisotopic (exact) mass is 1800 g/mol. The molecule has 29 rings (SSSR count). The maximum absolute atomic E-state index is 6.51. The molecule has 0 bridgehead atoms. The Morgan fingerprint density at radius 3 is 0.957 bits per heavy atom. The summed E-state index contributed by atoms with van der Waals surface area (Å²) in [6.45, 7) is 4.78. The van der Waals surface area contributed by atoms with Crippen LogP contribution in [-0.4, -0.2) is 18.3 Å². The molecule has 0 saturated heterocycles. The standard InChI is InChI=1S/C69H47N3O.C64H41N3O/c1-69(2)61-42-46(45-30-40-66-60(41-45)57-19-8-12-25-65(57)71(66)47-15-4-3-5-16-47)29-38-53(61)54-39-37-51(43-62(54)69)70(48-31-27-44(28-32-48)52-21-14-22-59-58-20-9-13-26-67(58)73-68(52)59)49-33-35-50(36-34-49)72-63-23-10-6-17-55(63)56-18-7-11-24-64(56)72;1-2-15-45(16-3-1)66-57-25-10-8-21-53(57)56-41-44(33-38-62(56)66)42-29-34-46(35-30-42)65(47-36-31-43(32-37-47)48-23-14-24-55-54-22-9-13-28-63(54)68-64(48)55)60-39-40-61(52-18-5-4-17-51(52)60)67-58-26-11-6-19-49(58)50-20-7-12-27-59(50)67/h3-43H,1-2H3;1-41H. The highest BCUT2D eigenvalue weighted by molar-refractivity contribution is 6.17. The first-order valence-corrected chi connectivity index (χ1v) is 48.5. The van der Waals surface area contributed by atoms with E-state index in [1.807, 2.05) is 18.2 Å². The molecule has 0 saturated carbocycles. The highest BCUT2D eigenvalue weighted by atomic mass is 16.3. The molecule has 0 aliphatic heterocycles. The molecule has 0 amide bonds. The van der Waals surface area contributed by atoms with Crippen molar-refractivity contribution in [2.24, 2.45) is 0 Å². The molecule has 0 atom stereocenters. The molecule has 8 heteroatoms. The maximum Gasteiger partial charge on any atom is 0.143 e. The van der Waals surface area contributed by atoms with Gasteiger partial charge in [0.25, 0.3) is 0 Å². The van der Waals surface area contributed by atoms with Crippen molar-refractivity contribution in [1.82, 2.24) is 18.3 Å². The fourth-order valence-corrected chi connectivity index (χ4v) is 23.1. The summed E-state index contributed by atoms with van der Waals surface area (Å²) in [5.74, 6) is 0. The number of para-hydroxylation sites is 12. The van der Waals surface area contributed by atoms with E-state index in [2.05, 4.69) is 521 Å². The predicted molar refractivity (Wildman–Crippen MR) is 591 cm³/mol. The van der Waals surface area contributed by atoms with Gasteiger partial charge in [-0.1, -0.05) is 323 Å². The predicted octanol–water partition coefficient (Wildman–Crippen LogP) is 36.6. The van der Waals surface area contributed by atoms with Crippen molar-refractivity contribution in [3.63, 3.8) is 0 Å². The molecule has 141 heavy (non-hydrogen) atoms. The molecule has 28 aromatic rings. The van der Waals surface area contributed by atoms with Gasteiger partial charge in [-0.05, 0) is 244 Å². The van der Waals surface area contributed by atoms with Gasteiger partial charge in [-0.3, -0.25) is 0 Å². The fraction of sp³-hybridized carbons (Fsp3) is 0.0226. The van der Waals surface area contributed by atoms with E-state index in [1.165, 1.54) is 137 Å². The van der Waals surface area contributed by atoms with Gasteiger partial charge in [0.05, 0.1) is 55.5 Å². The van der Waals surface area contributed by atoms with Gasteiger partial charge in [0.2, 0.25) is 0 Å². The fourth-order valence-electron chi connectivity index (χ4n) is 23.1. The van der Waals surface area contributed by atoms with Crippen LogP contribution in [0.1, 0.15) is 25.0 Å². The van der Waals surface area contributed by atoms with Gasteiger partial charge in [-0.2, -0.15) is 0 Å². The van der Waals surface area contributed by atoms with Gasteiger partial charge in [-0.25, -0.2) is 0 Å². The van der Waals surface area contributed by atoms with Crippen LogP contribution in [0.2, 0.25) is 0 Å². The van der Waals surface area contributed by atoms with Crippen LogP contribution in [0.4, 0.5) is 34.1 Å². The molecule has 6 heterocycles. The molecule has 0 unspecified atom stereocenters. The smallest absolute Gasteiger partial charge is 0.143 e. The van der Waals surface area contributed by atoms with E-state index in [9.17, 15) is 0 Å². The van der Waals surface area contributed by atoms with Crippen LogP contribution < -0.4 is 9.80 Å². The van der Waals surface area contributed by atoms with Crippen molar-refractivity contribution in [2.75, 3.05) is 9.80 Å². The number of hydrogen-bond donors (Lipinski definition) is 0. The molecule has 0 fully saturated rings. The normalized spacial score (nSPS) is 12.4. The van der Waals surface area contributed by atoms with Gasteiger partial charge in [-0.15, -0.1) is 0 Å². The van der Waals surface area contributed by atoms with Crippen molar-refractivity contribution in [2.45, 2.75) is 19.3 Å². The number of hydrogen-bond acceptors (Lipinski definition) is 4. The minimum Gasteiger partial charge on any atom is -0.455 e. The van der Waals surface area contributed by atoms with Crippen LogP contribution in [0, 0.1) is 0 Å². The highest BCUT2D eigenvalue weighted by Gasteiger charge is 2.37. The lowest BCUT2D eigenvalue weighted by atomic mass is 9.81. The van der Waals surface area contributed by atoms with Gasteiger partial charge in [0, 0.05) is 137 Å². The molecular weight excluding hydrogens is 1710 g/mol. The van der Waals surface area contributed by atoms with Crippen LogP contribution in [0.3, 0.4) is 0 Å². The van der Waals surface area contributed by atoms with Crippen molar-refractivity contribution >= 4 is 176 Å². The summed E-state index contributed by atoms with van der Waals surface area (Å²) in [7, 11) is 0. The Morgan fingerprint density at radius 2 is 0.496 bits per heavy atom. The summed E-state index contributed by atoms with van der Waals surface area (Å²) in [6, 6.07) is 181. The lowest BCUT2D eigenvalue weighted by molar-refractivity contribution is 0.660. The zero-order chi connectivity index (χ0) is 93.1. The Labute approximate surface area is 813 Å². The second kappa shape index (κ2) is 32.4. The van der Waals surface area contributed by atoms with Crippen molar-refractivity contribution in [1.29, 1.82) is 0 Å². The first-order chi connectivity index (χ1) is 69.7. The Morgan fingerprint density at radius 1 is 0.184 bits per heavy atom. The van der Waals surface area contributed by atoms with Gasteiger partial charge >= 0.3 is 0 Å². The molecule has 1 aliphatic carbocycles. The summed E-state index contributed by atoms with van der Waals surface area (Å²) in [5.41, 5.74) is 38.4. The molecule has 662 valence electrons. The van der Waals surface area contributed by atoms with Crippen molar-refractivity contribution in [3.05, 3.63) is 509 Å². The number of fused-ring (bicyclic) bond motifs is 22. The van der Waals surface area contributed by atoms with E-state index in [0.717, 1.165) is 128 Å². The van der Waals surface area contributed by atoms with Gasteiger partial charge < -0.3 is 36.9 Å². The molecule has 1 aliphatic rings. The first-order valence-electron chi connectivity index (χ1n) is 48.5. The number of anilines is 6. The second-order valence-electron chi connectivity index (χ2n) is 37.7. The summed E-state index contributed by atoms with van der Waals surface area (Å²) in [4.78, 5) is 4.82. The third-order valence-corrected chi connectivity index (χ3v) is 29.7. The molecule has 22 aromatic carbocycles. The molecule has 0 N–H and O–H groups in total. The first kappa shape index (κ1) is 80.9. The molecule has 0 spiro atoms. The Bertz CT molecular complexity index is 9790. The van der Waals surface area contributed by atoms with Crippen LogP contribution in [0.5, 0.6) is 0 Å². The van der Waals surface area contributed by atoms with Crippen molar-refractivity contribution < 1.29 is 8.83 Å². The van der Waals surface area contributed by atoms with Crippen LogP contribution in [-0.2, 0) is 5.41 Å². The lowest BCUT2D eigenvalue weighted by Crippen LogP contribution is -2.16. The Kier molecular flexibility index (Phi) is 18.6. The van der Waals surface area contributed by atoms with E-state index >= 15 is 0 Å². The number of aromatic nitrogens is 4. The van der Waals surface area contributed by atoms with E-state index in [-0.39, 0.29) is 5.41 Å². The van der Waals surface area contributed by atoms with Crippen molar-refractivity contribution in [3.8, 4) is 78.4 Å². The lowest BCUT2D eigenvalue weighted by Gasteiger charge is -2.28. The molecule has 8 nitrogen and oxygen atoms in total. The summed E-state index contributed by atoms with van der Waals surface area (Å²) in [5, 5.41) is 16.9. The van der Waals surface area contributed by atoms with E-state index in [0.29, 0.717) is 0 Å². The third kappa shape index (κ3) is 13.0. The number of furan rings is 2. The van der Waals surface area contributed by atoms with Crippen LogP contribution in [0.25, 0.3) is 220 Å². The minimum absolute atomic E-state index is 0.259. The molecule has 0 radical (unpaired) electrons. The number of nitrogens with zero attached hydrogens (tertiary/aromatic N) is 6.